The highest BCUT2D eigenvalue weighted by Gasteiger charge is 2.40. The molecule has 1 saturated carbocycles. The minimum atomic E-state index is -0.632. The number of rotatable bonds is 3. The zero-order chi connectivity index (χ0) is 17.3. The fourth-order valence-corrected chi connectivity index (χ4v) is 4.31. The van der Waals surface area contributed by atoms with Gasteiger partial charge in [0.25, 0.3) is 0 Å². The molecule has 0 radical (unpaired) electrons. The van der Waals surface area contributed by atoms with Gasteiger partial charge in [0.2, 0.25) is 0 Å². The van der Waals surface area contributed by atoms with Crippen LogP contribution in [0.2, 0.25) is 0 Å². The Morgan fingerprint density at radius 2 is 1.54 bits per heavy atom. The van der Waals surface area contributed by atoms with Gasteiger partial charge in [-0.05, 0) is 67.3 Å². The number of carbonyl (C=O) groups excluding carboxylic acids is 2. The van der Waals surface area contributed by atoms with Gasteiger partial charge in [0.05, 0.1) is 0 Å². The van der Waals surface area contributed by atoms with Crippen LogP contribution < -0.4 is 10.7 Å². The molecular formula is C19H25NO4. The van der Waals surface area contributed by atoms with E-state index in [1.54, 1.807) is 12.1 Å². The number of hydrogen-bond acceptors (Lipinski definition) is 5. The second kappa shape index (κ2) is 7.03. The number of ketones is 2. The zero-order valence-electron chi connectivity index (χ0n) is 14.3. The summed E-state index contributed by atoms with van der Waals surface area (Å²) in [7, 11) is 0. The van der Waals surface area contributed by atoms with Gasteiger partial charge in [-0.3, -0.25) is 9.59 Å². The van der Waals surface area contributed by atoms with Crippen molar-refractivity contribution in [3.05, 3.63) is 28.8 Å². The standard InChI is InChI=1S/C19H25NO4/c1-11-7-15(24-20)8-12(2)18(11)19-16(21)9-14(10-17(19)22)13-3-5-23-6-4-13/h7-8,13-14,19H,3-6,9-10,20H2,1-2H3. The molecule has 1 aliphatic carbocycles. The Balaban J connectivity index is 1.83. The van der Waals surface area contributed by atoms with E-state index < -0.39 is 5.92 Å². The molecule has 1 heterocycles. The van der Waals surface area contributed by atoms with E-state index in [2.05, 4.69) is 0 Å². The third kappa shape index (κ3) is 3.23. The quantitative estimate of drug-likeness (QED) is 0.680. The molecule has 130 valence electrons. The van der Waals surface area contributed by atoms with E-state index >= 15 is 0 Å². The van der Waals surface area contributed by atoms with Crippen molar-refractivity contribution in [1.29, 1.82) is 0 Å². The Kier molecular flexibility index (Phi) is 5.01. The van der Waals surface area contributed by atoms with Crippen molar-refractivity contribution >= 4 is 11.6 Å². The molecule has 0 unspecified atom stereocenters. The summed E-state index contributed by atoms with van der Waals surface area (Å²) in [6.45, 7) is 5.28. The number of hydrogen-bond donors (Lipinski definition) is 1. The number of benzene rings is 1. The molecule has 2 N–H and O–H groups in total. The molecule has 1 aromatic rings. The van der Waals surface area contributed by atoms with E-state index in [0.29, 0.717) is 24.5 Å². The monoisotopic (exact) mass is 331 g/mol. The van der Waals surface area contributed by atoms with Crippen LogP contribution in [0, 0.1) is 25.7 Å². The Hall–Kier alpha value is -1.72. The summed E-state index contributed by atoms with van der Waals surface area (Å²) in [4.78, 5) is 30.4. The SMILES string of the molecule is Cc1cc(ON)cc(C)c1C1C(=O)CC(C2CCOCC2)CC1=O. The maximum atomic E-state index is 12.8. The molecule has 24 heavy (non-hydrogen) atoms. The molecule has 0 bridgehead atoms. The minimum Gasteiger partial charge on any atom is -0.412 e. The van der Waals surface area contributed by atoms with Gasteiger partial charge in [0.15, 0.2) is 0 Å². The third-order valence-corrected chi connectivity index (χ3v) is 5.50. The highest BCUT2D eigenvalue weighted by molar-refractivity contribution is 6.10. The first-order valence-corrected chi connectivity index (χ1v) is 8.62. The van der Waals surface area contributed by atoms with E-state index in [9.17, 15) is 9.59 Å². The lowest BCUT2D eigenvalue weighted by atomic mass is 9.69. The average molecular weight is 331 g/mol. The highest BCUT2D eigenvalue weighted by Crippen LogP contribution is 2.40. The number of ether oxygens (including phenoxy) is 1. The van der Waals surface area contributed by atoms with Crippen LogP contribution in [-0.2, 0) is 14.3 Å². The predicted octanol–water partition coefficient (Wildman–Crippen LogP) is 2.61. The lowest BCUT2D eigenvalue weighted by molar-refractivity contribution is -0.135. The summed E-state index contributed by atoms with van der Waals surface area (Å²) in [5.41, 5.74) is 2.59. The van der Waals surface area contributed by atoms with E-state index in [1.165, 1.54) is 0 Å². The molecule has 1 aliphatic heterocycles. The van der Waals surface area contributed by atoms with Crippen LogP contribution in [0.5, 0.6) is 5.75 Å². The lowest BCUT2D eigenvalue weighted by Crippen LogP contribution is -2.37. The molecule has 1 aromatic carbocycles. The normalized spacial score (nSPS) is 25.8. The van der Waals surface area contributed by atoms with Crippen LogP contribution in [0.25, 0.3) is 0 Å². The van der Waals surface area contributed by atoms with Crippen molar-refractivity contribution < 1.29 is 19.2 Å². The number of aryl methyl sites for hydroxylation is 2. The third-order valence-electron chi connectivity index (χ3n) is 5.50. The van der Waals surface area contributed by atoms with Crippen LogP contribution in [0.1, 0.15) is 48.3 Å². The lowest BCUT2D eigenvalue weighted by Gasteiger charge is -2.35. The zero-order valence-corrected chi connectivity index (χ0v) is 14.3. The summed E-state index contributed by atoms with van der Waals surface area (Å²) in [6.07, 6.45) is 2.90. The summed E-state index contributed by atoms with van der Waals surface area (Å²) >= 11 is 0. The number of nitrogens with two attached hydrogens (primary N) is 1. The van der Waals surface area contributed by atoms with Gasteiger partial charge in [-0.2, -0.15) is 5.90 Å². The summed E-state index contributed by atoms with van der Waals surface area (Å²) in [5.74, 6) is 5.86. The maximum absolute atomic E-state index is 12.8. The molecule has 5 heteroatoms. The van der Waals surface area contributed by atoms with Crippen molar-refractivity contribution in [2.24, 2.45) is 17.7 Å². The first kappa shape index (κ1) is 17.1. The van der Waals surface area contributed by atoms with Gasteiger partial charge >= 0.3 is 0 Å². The van der Waals surface area contributed by atoms with Crippen molar-refractivity contribution in [1.82, 2.24) is 0 Å². The Labute approximate surface area is 142 Å². The molecule has 5 nitrogen and oxygen atoms in total. The maximum Gasteiger partial charge on any atom is 0.148 e. The number of Topliss-reactive ketones (excluding diaryl/α,β-unsaturated/α-hetero) is 2. The first-order chi connectivity index (χ1) is 11.5. The van der Waals surface area contributed by atoms with Gasteiger partial charge in [0.1, 0.15) is 23.2 Å². The van der Waals surface area contributed by atoms with Crippen molar-refractivity contribution in [3.63, 3.8) is 0 Å². The van der Waals surface area contributed by atoms with Crippen molar-refractivity contribution in [2.75, 3.05) is 13.2 Å². The fraction of sp³-hybridized carbons (Fsp3) is 0.579. The molecule has 0 spiro atoms. The Morgan fingerprint density at radius 3 is 2.04 bits per heavy atom. The average Bonchev–Trinajstić information content (AvgIpc) is 2.57. The van der Waals surface area contributed by atoms with Gasteiger partial charge < -0.3 is 9.57 Å². The predicted molar refractivity (Wildman–Crippen MR) is 89.8 cm³/mol. The van der Waals surface area contributed by atoms with Crippen LogP contribution in [0.4, 0.5) is 0 Å². The number of carbonyl (C=O) groups is 2. The summed E-state index contributed by atoms with van der Waals surface area (Å²) in [5, 5.41) is 0. The largest absolute Gasteiger partial charge is 0.412 e. The van der Waals surface area contributed by atoms with Crippen LogP contribution in [0.15, 0.2) is 12.1 Å². The van der Waals surface area contributed by atoms with Crippen LogP contribution in [-0.4, -0.2) is 24.8 Å². The molecule has 0 atom stereocenters. The molecule has 0 amide bonds. The van der Waals surface area contributed by atoms with Crippen LogP contribution in [0.3, 0.4) is 0 Å². The van der Waals surface area contributed by atoms with Gasteiger partial charge in [-0.25, -0.2) is 0 Å². The van der Waals surface area contributed by atoms with Crippen molar-refractivity contribution in [3.8, 4) is 5.75 Å². The van der Waals surface area contributed by atoms with Crippen molar-refractivity contribution in [2.45, 2.75) is 45.4 Å². The first-order valence-electron chi connectivity index (χ1n) is 8.62. The second-order valence-corrected chi connectivity index (χ2v) is 7.07. The Bertz CT molecular complexity index is 608. The molecule has 1 saturated heterocycles. The van der Waals surface area contributed by atoms with Gasteiger partial charge in [-0.15, -0.1) is 0 Å². The van der Waals surface area contributed by atoms with Gasteiger partial charge in [-0.1, -0.05) is 0 Å². The molecular weight excluding hydrogens is 306 g/mol. The summed E-state index contributed by atoms with van der Waals surface area (Å²) < 4.78 is 5.40. The minimum absolute atomic E-state index is 0.0513. The topological polar surface area (TPSA) is 78.6 Å². The Morgan fingerprint density at radius 1 is 1.00 bits per heavy atom. The molecule has 0 aromatic heterocycles. The second-order valence-electron chi connectivity index (χ2n) is 7.07. The molecule has 2 fully saturated rings. The van der Waals surface area contributed by atoms with Crippen LogP contribution >= 0.6 is 0 Å². The fourth-order valence-electron chi connectivity index (χ4n) is 4.31. The van der Waals surface area contributed by atoms with E-state index in [4.69, 9.17) is 15.5 Å². The molecule has 2 aliphatic rings. The summed E-state index contributed by atoms with van der Waals surface area (Å²) in [6, 6.07) is 3.57. The van der Waals surface area contributed by atoms with E-state index in [1.807, 2.05) is 13.8 Å². The van der Waals surface area contributed by atoms with E-state index in [0.717, 1.165) is 42.7 Å². The van der Waals surface area contributed by atoms with E-state index in [-0.39, 0.29) is 17.5 Å². The molecule has 3 rings (SSSR count). The van der Waals surface area contributed by atoms with Gasteiger partial charge in [0, 0.05) is 26.1 Å². The smallest absolute Gasteiger partial charge is 0.148 e. The highest BCUT2D eigenvalue weighted by atomic mass is 16.6.